The first-order valence-electron chi connectivity index (χ1n) is 14.9. The fraction of sp³-hybridized carbons (Fsp3) is 0.314. The smallest absolute Gasteiger partial charge is 0.248 e. The highest BCUT2D eigenvalue weighted by molar-refractivity contribution is 5.68. The van der Waals surface area contributed by atoms with Crippen LogP contribution in [-0.4, -0.2) is 32.4 Å². The van der Waals surface area contributed by atoms with Gasteiger partial charge in [-0.05, 0) is 75.2 Å². The van der Waals surface area contributed by atoms with Gasteiger partial charge < -0.3 is 18.9 Å². The summed E-state index contributed by atoms with van der Waals surface area (Å²) in [6.07, 6.45) is -1.19. The molecule has 0 saturated heterocycles. The van der Waals surface area contributed by atoms with Crippen molar-refractivity contribution in [2.75, 3.05) is 26.4 Å². The molecule has 0 atom stereocenters. The molecule has 252 valence electrons. The summed E-state index contributed by atoms with van der Waals surface area (Å²) < 4.78 is 136. The molecule has 4 nitrogen and oxygen atoms in total. The second kappa shape index (κ2) is 15.9. The molecule has 0 heterocycles. The number of halogens is 8. The predicted octanol–water partition coefficient (Wildman–Crippen LogP) is 10.3. The Morgan fingerprint density at radius 2 is 0.872 bits per heavy atom. The molecule has 4 rings (SSSR count). The van der Waals surface area contributed by atoms with Gasteiger partial charge in [0.1, 0.15) is 23.1 Å². The van der Waals surface area contributed by atoms with Crippen LogP contribution in [0.15, 0.2) is 60.7 Å². The molecule has 0 N–H and O–H groups in total. The number of rotatable bonds is 16. The van der Waals surface area contributed by atoms with Crippen molar-refractivity contribution in [3.63, 3.8) is 0 Å². The summed E-state index contributed by atoms with van der Waals surface area (Å²) in [7, 11) is 0. The Hall–Kier alpha value is -4.48. The van der Waals surface area contributed by atoms with Crippen LogP contribution in [0.4, 0.5) is 35.1 Å². The van der Waals surface area contributed by atoms with E-state index < -0.39 is 53.7 Å². The molecule has 0 aliphatic rings. The summed E-state index contributed by atoms with van der Waals surface area (Å²) in [6, 6.07) is 11.8. The lowest BCUT2D eigenvalue weighted by atomic mass is 10.0. The van der Waals surface area contributed by atoms with Gasteiger partial charge >= 0.3 is 0 Å². The number of hydrogen-bond donors (Lipinski definition) is 0. The maximum atomic E-state index is 14.7. The van der Waals surface area contributed by atoms with Crippen molar-refractivity contribution < 1.29 is 54.1 Å². The molecule has 4 aromatic rings. The molecule has 0 unspecified atom stereocenters. The van der Waals surface area contributed by atoms with Crippen molar-refractivity contribution in [2.45, 2.75) is 45.5 Å². The molecule has 0 aliphatic carbocycles. The van der Waals surface area contributed by atoms with Crippen LogP contribution in [0.5, 0.6) is 23.0 Å². The molecule has 0 aliphatic heterocycles. The van der Waals surface area contributed by atoms with Crippen LogP contribution in [0.2, 0.25) is 0 Å². The Kier molecular flexibility index (Phi) is 12.0. The molecular weight excluding hydrogens is 636 g/mol. The van der Waals surface area contributed by atoms with Gasteiger partial charge in [0.05, 0.1) is 26.4 Å². The Bertz CT molecular complexity index is 1560. The average molecular weight is 669 g/mol. The van der Waals surface area contributed by atoms with E-state index in [0.29, 0.717) is 0 Å². The van der Waals surface area contributed by atoms with Crippen molar-refractivity contribution in [1.82, 2.24) is 0 Å². The highest BCUT2D eigenvalue weighted by Crippen LogP contribution is 2.35. The van der Waals surface area contributed by atoms with E-state index in [9.17, 15) is 35.1 Å². The standard InChI is InChI=1S/C35H32F8O4/c1-3-44-29-13-11-25(31(38)33(29)40)23-9-7-21(19-27(23)36)46-17-5-15-35(42,43)16-6-18-47-22-8-10-24(28(37)20-22)26-12-14-30(45-4-2)34(41)32(26)39/h7-14,19-20H,3-6,15-18H2,1-2H3. The molecule has 0 saturated carbocycles. The van der Waals surface area contributed by atoms with Gasteiger partial charge in [-0.2, -0.15) is 8.78 Å². The second-order valence-corrected chi connectivity index (χ2v) is 10.4. The molecule has 47 heavy (non-hydrogen) atoms. The van der Waals surface area contributed by atoms with Gasteiger partial charge in [0.2, 0.25) is 17.6 Å². The molecular formula is C35H32F8O4. The topological polar surface area (TPSA) is 36.9 Å². The zero-order valence-corrected chi connectivity index (χ0v) is 25.6. The molecule has 4 aromatic carbocycles. The average Bonchev–Trinajstić information content (AvgIpc) is 3.03. The Morgan fingerprint density at radius 3 is 1.23 bits per heavy atom. The van der Waals surface area contributed by atoms with Crippen molar-refractivity contribution in [1.29, 1.82) is 0 Å². The van der Waals surface area contributed by atoms with E-state index >= 15 is 0 Å². The van der Waals surface area contributed by atoms with Crippen LogP contribution in [0.3, 0.4) is 0 Å². The van der Waals surface area contributed by atoms with Gasteiger partial charge in [0.15, 0.2) is 23.1 Å². The number of hydrogen-bond acceptors (Lipinski definition) is 4. The molecule has 0 spiro atoms. The zero-order valence-electron chi connectivity index (χ0n) is 25.6. The van der Waals surface area contributed by atoms with Crippen molar-refractivity contribution in [3.05, 3.63) is 95.6 Å². The third-order valence-corrected chi connectivity index (χ3v) is 7.07. The lowest BCUT2D eigenvalue weighted by Crippen LogP contribution is -2.18. The summed E-state index contributed by atoms with van der Waals surface area (Å²) >= 11 is 0. The largest absolute Gasteiger partial charge is 0.493 e. The van der Waals surface area contributed by atoms with Gasteiger partial charge in [-0.1, -0.05) is 0 Å². The predicted molar refractivity (Wildman–Crippen MR) is 160 cm³/mol. The van der Waals surface area contributed by atoms with Crippen molar-refractivity contribution in [2.24, 2.45) is 0 Å². The monoisotopic (exact) mass is 668 g/mol. The Labute approximate surface area is 266 Å². The maximum absolute atomic E-state index is 14.7. The summed E-state index contributed by atoms with van der Waals surface area (Å²) in [6.45, 7) is 3.16. The van der Waals surface area contributed by atoms with Gasteiger partial charge in [-0.25, -0.2) is 26.3 Å². The van der Waals surface area contributed by atoms with Crippen LogP contribution < -0.4 is 18.9 Å². The molecule has 0 fully saturated rings. The van der Waals surface area contributed by atoms with Crippen LogP contribution in [0.25, 0.3) is 22.3 Å². The first-order valence-corrected chi connectivity index (χ1v) is 14.9. The number of benzene rings is 4. The number of alkyl halides is 2. The molecule has 12 heteroatoms. The van der Waals surface area contributed by atoms with Crippen LogP contribution >= 0.6 is 0 Å². The molecule has 0 bridgehead atoms. The van der Waals surface area contributed by atoms with Crippen LogP contribution in [0.1, 0.15) is 39.5 Å². The molecule has 0 amide bonds. The first kappa shape index (κ1) is 35.4. The van der Waals surface area contributed by atoms with E-state index in [4.69, 9.17) is 18.9 Å². The fourth-order valence-corrected chi connectivity index (χ4v) is 4.79. The summed E-state index contributed by atoms with van der Waals surface area (Å²) in [5, 5.41) is 0. The SMILES string of the molecule is CCOc1ccc(-c2ccc(OCCCC(F)(F)CCCOc3ccc(-c4ccc(OCC)c(F)c4F)c(F)c3)cc2F)c(F)c1F. The van der Waals surface area contributed by atoms with E-state index in [2.05, 4.69) is 0 Å². The van der Waals surface area contributed by atoms with E-state index in [1.165, 1.54) is 48.5 Å². The van der Waals surface area contributed by atoms with E-state index in [0.717, 1.165) is 12.1 Å². The lowest BCUT2D eigenvalue weighted by Gasteiger charge is -2.17. The first-order chi connectivity index (χ1) is 22.5. The summed E-state index contributed by atoms with van der Waals surface area (Å²) in [5.74, 6) is -10.4. The van der Waals surface area contributed by atoms with E-state index in [1.807, 2.05) is 0 Å². The fourth-order valence-electron chi connectivity index (χ4n) is 4.79. The van der Waals surface area contributed by atoms with E-state index in [-0.39, 0.29) is 84.5 Å². The van der Waals surface area contributed by atoms with Gasteiger partial charge in [-0.3, -0.25) is 0 Å². The van der Waals surface area contributed by atoms with Crippen molar-refractivity contribution >= 4 is 0 Å². The molecule has 0 aromatic heterocycles. The highest BCUT2D eigenvalue weighted by atomic mass is 19.3. The number of ether oxygens (including phenoxy) is 4. The molecule has 0 radical (unpaired) electrons. The Balaban J connectivity index is 1.22. The van der Waals surface area contributed by atoms with Crippen molar-refractivity contribution in [3.8, 4) is 45.3 Å². The quantitative estimate of drug-likeness (QED) is 0.0880. The minimum Gasteiger partial charge on any atom is -0.493 e. The summed E-state index contributed by atoms with van der Waals surface area (Å²) in [4.78, 5) is 0. The van der Waals surface area contributed by atoms with Gasteiger partial charge in [-0.15, -0.1) is 0 Å². The minimum atomic E-state index is -3.07. The van der Waals surface area contributed by atoms with Crippen LogP contribution in [0, 0.1) is 34.9 Å². The second-order valence-electron chi connectivity index (χ2n) is 10.4. The summed E-state index contributed by atoms with van der Waals surface area (Å²) in [5.41, 5.74) is -1.03. The van der Waals surface area contributed by atoms with Gasteiger partial charge in [0.25, 0.3) is 0 Å². The van der Waals surface area contributed by atoms with E-state index in [1.54, 1.807) is 13.8 Å². The Morgan fingerprint density at radius 1 is 0.489 bits per heavy atom. The maximum Gasteiger partial charge on any atom is 0.248 e. The normalized spacial score (nSPS) is 11.4. The third-order valence-electron chi connectivity index (χ3n) is 7.07. The van der Waals surface area contributed by atoms with Crippen LogP contribution in [-0.2, 0) is 0 Å². The third kappa shape index (κ3) is 8.87. The highest BCUT2D eigenvalue weighted by Gasteiger charge is 2.28. The minimum absolute atomic E-state index is 0.0310. The van der Waals surface area contributed by atoms with Gasteiger partial charge in [0, 0.05) is 47.2 Å². The zero-order chi connectivity index (χ0) is 34.1. The lowest BCUT2D eigenvalue weighted by molar-refractivity contribution is -0.0247.